The van der Waals surface area contributed by atoms with Gasteiger partial charge in [-0.05, 0) is 24.3 Å². The van der Waals surface area contributed by atoms with E-state index in [1.165, 1.54) is 11.3 Å². The summed E-state index contributed by atoms with van der Waals surface area (Å²) in [6.45, 7) is 0. The van der Waals surface area contributed by atoms with Crippen LogP contribution in [0.5, 0.6) is 5.75 Å². The van der Waals surface area contributed by atoms with Gasteiger partial charge in [-0.25, -0.2) is 9.97 Å². The van der Waals surface area contributed by atoms with Gasteiger partial charge in [0.2, 0.25) is 0 Å². The molecule has 0 aliphatic rings. The molecule has 0 atom stereocenters. The number of aromatic nitrogens is 2. The Bertz CT molecular complexity index is 1080. The van der Waals surface area contributed by atoms with E-state index < -0.39 is 0 Å². The number of thiazole rings is 1. The second-order valence-electron chi connectivity index (χ2n) is 5.61. The highest BCUT2D eigenvalue weighted by Gasteiger charge is 2.12. The van der Waals surface area contributed by atoms with E-state index in [-0.39, 0.29) is 5.91 Å². The third-order valence-corrected chi connectivity index (χ3v) is 4.68. The Morgan fingerprint density at radius 3 is 2.69 bits per heavy atom. The Morgan fingerprint density at radius 1 is 1.04 bits per heavy atom. The largest absolute Gasteiger partial charge is 0.497 e. The van der Waals surface area contributed by atoms with E-state index in [0.29, 0.717) is 10.8 Å². The zero-order valence-corrected chi connectivity index (χ0v) is 14.8. The molecule has 0 aliphatic heterocycles. The third-order valence-electron chi connectivity index (χ3n) is 3.92. The molecule has 5 nitrogen and oxygen atoms in total. The lowest BCUT2D eigenvalue weighted by Gasteiger charge is -2.05. The molecule has 0 unspecified atom stereocenters. The van der Waals surface area contributed by atoms with Crippen LogP contribution in [0, 0.1) is 0 Å². The molecule has 1 amide bonds. The van der Waals surface area contributed by atoms with Crippen LogP contribution in [0.25, 0.3) is 22.2 Å². The topological polar surface area (TPSA) is 64.1 Å². The van der Waals surface area contributed by atoms with Crippen molar-refractivity contribution >= 4 is 33.3 Å². The molecule has 0 fully saturated rings. The molecular formula is C20H15N3O2S. The summed E-state index contributed by atoms with van der Waals surface area (Å²) >= 11 is 1.39. The van der Waals surface area contributed by atoms with E-state index >= 15 is 0 Å². The lowest BCUT2D eigenvalue weighted by Crippen LogP contribution is -2.13. The molecule has 0 saturated carbocycles. The number of pyridine rings is 1. The number of benzene rings is 2. The Kier molecular flexibility index (Phi) is 4.33. The number of amides is 1. The fourth-order valence-corrected chi connectivity index (χ4v) is 3.31. The molecule has 1 N–H and O–H groups in total. The number of hydrogen-bond acceptors (Lipinski definition) is 5. The normalized spacial score (nSPS) is 10.7. The minimum atomic E-state index is -0.281. The van der Waals surface area contributed by atoms with E-state index in [4.69, 9.17) is 4.74 Å². The van der Waals surface area contributed by atoms with E-state index in [9.17, 15) is 4.79 Å². The Labute approximate surface area is 154 Å². The number of hydrogen-bond donors (Lipinski definition) is 1. The van der Waals surface area contributed by atoms with Crippen molar-refractivity contribution in [2.45, 2.75) is 0 Å². The van der Waals surface area contributed by atoms with Gasteiger partial charge in [0.15, 0.2) is 5.13 Å². The molecule has 128 valence electrons. The van der Waals surface area contributed by atoms with Crippen LogP contribution < -0.4 is 10.1 Å². The average Bonchev–Trinajstić information content (AvgIpc) is 3.16. The van der Waals surface area contributed by atoms with E-state index in [1.807, 2.05) is 60.0 Å². The minimum absolute atomic E-state index is 0.281. The molecule has 2 aromatic heterocycles. The second kappa shape index (κ2) is 6.93. The number of anilines is 1. The molecule has 0 saturated heterocycles. The maximum atomic E-state index is 12.5. The Hall–Kier alpha value is -3.25. The Balaban J connectivity index is 1.55. The van der Waals surface area contributed by atoms with Crippen molar-refractivity contribution < 1.29 is 9.53 Å². The summed E-state index contributed by atoms with van der Waals surface area (Å²) < 4.78 is 5.20. The number of fused-ring (bicyclic) bond motifs is 1. The van der Waals surface area contributed by atoms with Gasteiger partial charge >= 0.3 is 0 Å². The zero-order chi connectivity index (χ0) is 17.9. The maximum absolute atomic E-state index is 12.5. The summed E-state index contributed by atoms with van der Waals surface area (Å²) in [6, 6.07) is 18.9. The highest BCUT2D eigenvalue weighted by molar-refractivity contribution is 7.14. The minimum Gasteiger partial charge on any atom is -0.497 e. The summed E-state index contributed by atoms with van der Waals surface area (Å²) in [7, 11) is 1.62. The predicted molar refractivity (Wildman–Crippen MR) is 104 cm³/mol. The fourth-order valence-electron chi connectivity index (χ4n) is 2.59. The Morgan fingerprint density at radius 2 is 1.88 bits per heavy atom. The van der Waals surface area contributed by atoms with Crippen molar-refractivity contribution in [1.82, 2.24) is 9.97 Å². The number of carbonyl (C=O) groups excluding carboxylic acids is 1. The number of nitrogens with one attached hydrogen (secondary N) is 1. The van der Waals surface area contributed by atoms with Gasteiger partial charge in [0.1, 0.15) is 11.4 Å². The molecule has 6 heteroatoms. The van der Waals surface area contributed by atoms with E-state index in [2.05, 4.69) is 15.3 Å². The van der Waals surface area contributed by atoms with Gasteiger partial charge in [0.25, 0.3) is 5.91 Å². The van der Waals surface area contributed by atoms with Crippen molar-refractivity contribution in [1.29, 1.82) is 0 Å². The number of carbonyl (C=O) groups is 1. The molecule has 26 heavy (non-hydrogen) atoms. The van der Waals surface area contributed by atoms with Crippen molar-refractivity contribution in [3.63, 3.8) is 0 Å². The predicted octanol–water partition coefficient (Wildman–Crippen LogP) is 4.62. The van der Waals surface area contributed by atoms with Crippen LogP contribution in [0.15, 0.2) is 66.0 Å². The third kappa shape index (κ3) is 3.27. The molecule has 2 heterocycles. The summed E-state index contributed by atoms with van der Waals surface area (Å²) in [5, 5.41) is 6.20. The molecule has 0 radical (unpaired) electrons. The molecular weight excluding hydrogens is 346 g/mol. The van der Waals surface area contributed by atoms with Gasteiger partial charge in [-0.15, -0.1) is 11.3 Å². The van der Waals surface area contributed by atoms with Crippen LogP contribution in [-0.4, -0.2) is 23.0 Å². The first kappa shape index (κ1) is 16.2. The van der Waals surface area contributed by atoms with Crippen LogP contribution in [0.1, 0.15) is 10.5 Å². The van der Waals surface area contributed by atoms with Crippen LogP contribution in [-0.2, 0) is 0 Å². The number of ether oxygens (including phenoxy) is 1. The summed E-state index contributed by atoms with van der Waals surface area (Å²) in [5.74, 6) is 0.476. The van der Waals surface area contributed by atoms with E-state index in [0.717, 1.165) is 27.9 Å². The molecule has 4 rings (SSSR count). The standard InChI is InChI=1S/C20H15N3O2S/c1-25-15-8-10-16-14(11-15)7-9-17(21-16)19(24)23-20-22-18(12-26-20)13-5-3-2-4-6-13/h2-12H,1H3,(H,22,23,24). The summed E-state index contributed by atoms with van der Waals surface area (Å²) in [4.78, 5) is 21.4. The smallest absolute Gasteiger partial charge is 0.276 e. The van der Waals surface area contributed by atoms with Crippen LogP contribution in [0.3, 0.4) is 0 Å². The van der Waals surface area contributed by atoms with Crippen LogP contribution in [0.2, 0.25) is 0 Å². The number of rotatable bonds is 4. The molecule has 2 aromatic carbocycles. The zero-order valence-electron chi connectivity index (χ0n) is 14.0. The fraction of sp³-hybridized carbons (Fsp3) is 0.0500. The maximum Gasteiger partial charge on any atom is 0.276 e. The van der Waals surface area contributed by atoms with Gasteiger partial charge in [0.05, 0.1) is 18.3 Å². The van der Waals surface area contributed by atoms with Crippen LogP contribution >= 0.6 is 11.3 Å². The second-order valence-corrected chi connectivity index (χ2v) is 6.47. The van der Waals surface area contributed by atoms with Crippen molar-refractivity contribution in [2.24, 2.45) is 0 Å². The van der Waals surface area contributed by atoms with Crippen molar-refractivity contribution in [3.8, 4) is 17.0 Å². The van der Waals surface area contributed by atoms with Crippen molar-refractivity contribution in [3.05, 3.63) is 71.7 Å². The molecule has 4 aromatic rings. The number of methoxy groups -OCH3 is 1. The number of nitrogens with zero attached hydrogens (tertiary/aromatic N) is 2. The molecule has 0 spiro atoms. The quantitative estimate of drug-likeness (QED) is 0.576. The van der Waals surface area contributed by atoms with Gasteiger partial charge < -0.3 is 4.74 Å². The molecule has 0 aliphatic carbocycles. The lowest BCUT2D eigenvalue weighted by atomic mass is 10.2. The summed E-state index contributed by atoms with van der Waals surface area (Å²) in [5.41, 5.74) is 2.94. The lowest BCUT2D eigenvalue weighted by molar-refractivity contribution is 0.102. The van der Waals surface area contributed by atoms with Gasteiger partial charge in [-0.1, -0.05) is 36.4 Å². The highest BCUT2D eigenvalue weighted by Crippen LogP contribution is 2.25. The van der Waals surface area contributed by atoms with Gasteiger partial charge in [-0.2, -0.15) is 0 Å². The average molecular weight is 361 g/mol. The van der Waals surface area contributed by atoms with Crippen molar-refractivity contribution in [2.75, 3.05) is 12.4 Å². The summed E-state index contributed by atoms with van der Waals surface area (Å²) in [6.07, 6.45) is 0. The molecule has 0 bridgehead atoms. The monoisotopic (exact) mass is 361 g/mol. The van der Waals surface area contributed by atoms with Crippen LogP contribution in [0.4, 0.5) is 5.13 Å². The van der Waals surface area contributed by atoms with E-state index in [1.54, 1.807) is 13.2 Å². The first-order chi connectivity index (χ1) is 12.7. The first-order valence-electron chi connectivity index (χ1n) is 8.00. The van der Waals surface area contributed by atoms with Gasteiger partial charge in [0, 0.05) is 16.3 Å². The first-order valence-corrected chi connectivity index (χ1v) is 8.88. The SMILES string of the molecule is COc1ccc2nc(C(=O)Nc3nc(-c4ccccc4)cs3)ccc2c1. The van der Waals surface area contributed by atoms with Gasteiger partial charge in [-0.3, -0.25) is 10.1 Å². The highest BCUT2D eigenvalue weighted by atomic mass is 32.1.